The normalized spacial score (nSPS) is 19.4. The Kier molecular flexibility index (Phi) is 6.74. The molecule has 0 N–H and O–H groups in total. The second kappa shape index (κ2) is 8.55. The number of hydrogen-bond acceptors (Lipinski definition) is 0. The van der Waals surface area contributed by atoms with Gasteiger partial charge in [-0.1, -0.05) is 48.6 Å². The smallest absolute Gasteiger partial charge is 0.0166 e. The highest BCUT2D eigenvalue weighted by molar-refractivity contribution is 5.06. The highest BCUT2D eigenvalue weighted by Crippen LogP contribution is 2.01. The van der Waals surface area contributed by atoms with Gasteiger partial charge in [0.1, 0.15) is 0 Å². The maximum absolute atomic E-state index is 2.30. The first kappa shape index (κ1) is 11.0. The van der Waals surface area contributed by atoms with Crippen molar-refractivity contribution in [3.05, 3.63) is 55.0 Å². The minimum atomic E-state index is 1.05. The van der Waals surface area contributed by atoms with Gasteiger partial charge in [-0.2, -0.15) is 0 Å². The van der Waals surface area contributed by atoms with E-state index in [1.54, 1.807) is 0 Å². The van der Waals surface area contributed by atoms with Crippen molar-refractivity contribution < 1.29 is 0 Å². The van der Waals surface area contributed by atoms with Gasteiger partial charge in [0.05, 0.1) is 0 Å². The van der Waals surface area contributed by atoms with Crippen molar-refractivity contribution >= 4 is 0 Å². The van der Waals surface area contributed by atoms with Crippen LogP contribution in [-0.4, -0.2) is 0 Å². The van der Waals surface area contributed by atoms with E-state index < -0.39 is 0 Å². The summed E-state index contributed by atoms with van der Waals surface area (Å²) >= 11 is 0. The first-order valence-corrected chi connectivity index (χ1v) is 5.43. The lowest BCUT2D eigenvalue weighted by Gasteiger charge is -1.91. The Morgan fingerprint density at radius 2 is 1.14 bits per heavy atom. The van der Waals surface area contributed by atoms with Crippen LogP contribution in [-0.2, 0) is 0 Å². The average Bonchev–Trinajstić information content (AvgIpc) is 2.22. The van der Waals surface area contributed by atoms with Gasteiger partial charge in [0.2, 0.25) is 0 Å². The van der Waals surface area contributed by atoms with E-state index in [1.807, 2.05) is 0 Å². The Labute approximate surface area is 87.7 Å². The zero-order valence-corrected chi connectivity index (χ0v) is 8.73. The maximum atomic E-state index is 2.30. The van der Waals surface area contributed by atoms with Crippen LogP contribution in [0.4, 0.5) is 0 Å². The predicted octanol–water partition coefficient (Wildman–Crippen LogP) is 4.38. The number of rotatable bonds is 0. The molecule has 1 radical (unpaired) electrons. The highest BCUT2D eigenvalue weighted by atomic mass is 13.9. The lowest BCUT2D eigenvalue weighted by Crippen LogP contribution is -1.72. The van der Waals surface area contributed by atoms with Crippen LogP contribution < -0.4 is 0 Å². The fourth-order valence-electron chi connectivity index (χ4n) is 1.30. The molecule has 1 aliphatic rings. The summed E-state index contributed by atoms with van der Waals surface area (Å²) < 4.78 is 0. The maximum Gasteiger partial charge on any atom is -0.0166 e. The Morgan fingerprint density at radius 1 is 0.500 bits per heavy atom. The molecule has 0 heterocycles. The van der Waals surface area contributed by atoms with Crippen LogP contribution in [0, 0.1) is 6.42 Å². The molecule has 0 aliphatic heterocycles. The molecule has 0 heteroatoms. The second-order valence-electron chi connectivity index (χ2n) is 3.37. The van der Waals surface area contributed by atoms with Crippen LogP contribution in [0.15, 0.2) is 48.6 Å². The van der Waals surface area contributed by atoms with Crippen molar-refractivity contribution in [1.29, 1.82) is 0 Å². The van der Waals surface area contributed by atoms with Crippen LogP contribution >= 0.6 is 0 Å². The number of allylic oxidation sites excluding steroid dienone is 8. The van der Waals surface area contributed by atoms with Crippen LogP contribution in [0.5, 0.6) is 0 Å². The summed E-state index contributed by atoms with van der Waals surface area (Å²) in [7, 11) is 0. The first-order valence-electron chi connectivity index (χ1n) is 5.43. The van der Waals surface area contributed by atoms with E-state index in [4.69, 9.17) is 0 Å². The fraction of sp³-hybridized carbons (Fsp3) is 0.357. The summed E-state index contributed by atoms with van der Waals surface area (Å²) in [6, 6.07) is 0. The molecule has 0 saturated carbocycles. The van der Waals surface area contributed by atoms with E-state index in [2.05, 4.69) is 55.0 Å². The van der Waals surface area contributed by atoms with Gasteiger partial charge in [-0.25, -0.2) is 0 Å². The van der Waals surface area contributed by atoms with E-state index in [1.165, 1.54) is 0 Å². The minimum absolute atomic E-state index is 1.05. The van der Waals surface area contributed by atoms with Crippen LogP contribution in [0.25, 0.3) is 0 Å². The molecule has 14 heavy (non-hydrogen) atoms. The molecule has 0 unspecified atom stereocenters. The third kappa shape index (κ3) is 6.47. The van der Waals surface area contributed by atoms with Gasteiger partial charge in [-0.05, 0) is 38.5 Å². The fourth-order valence-corrected chi connectivity index (χ4v) is 1.30. The lowest BCUT2D eigenvalue weighted by molar-refractivity contribution is 1.03. The van der Waals surface area contributed by atoms with Crippen molar-refractivity contribution in [3.8, 4) is 0 Å². The summed E-state index contributed by atoms with van der Waals surface area (Å²) in [5.74, 6) is 0. The first-order chi connectivity index (χ1) is 7.00. The molecule has 0 amide bonds. The molecule has 0 aromatic carbocycles. The van der Waals surface area contributed by atoms with Crippen LogP contribution in [0.1, 0.15) is 32.1 Å². The van der Waals surface area contributed by atoms with Gasteiger partial charge in [-0.15, -0.1) is 0 Å². The third-order valence-electron chi connectivity index (χ3n) is 2.09. The molecule has 0 aromatic rings. The van der Waals surface area contributed by atoms with E-state index in [0.29, 0.717) is 0 Å². The molecule has 0 fully saturated rings. The Bertz CT molecular complexity index is 228. The molecule has 0 aromatic heterocycles. The molecule has 1 aliphatic carbocycles. The summed E-state index contributed by atoms with van der Waals surface area (Å²) in [4.78, 5) is 0. The van der Waals surface area contributed by atoms with Crippen molar-refractivity contribution in [3.63, 3.8) is 0 Å². The quantitative estimate of drug-likeness (QED) is 0.494. The van der Waals surface area contributed by atoms with E-state index in [-0.39, 0.29) is 0 Å². The average molecular weight is 187 g/mol. The third-order valence-corrected chi connectivity index (χ3v) is 2.09. The molecule has 1 rings (SSSR count). The largest absolute Gasteiger partial charge is 0.0882 e. The Balaban J connectivity index is 2.35. The van der Waals surface area contributed by atoms with Gasteiger partial charge in [0.25, 0.3) is 0 Å². The molecule has 0 bridgehead atoms. The minimum Gasteiger partial charge on any atom is -0.0882 e. The molecule has 0 saturated heterocycles. The Morgan fingerprint density at radius 3 is 2.07 bits per heavy atom. The van der Waals surface area contributed by atoms with Gasteiger partial charge < -0.3 is 0 Å². The van der Waals surface area contributed by atoms with E-state index in [0.717, 1.165) is 32.1 Å². The van der Waals surface area contributed by atoms with Crippen LogP contribution in [0.3, 0.4) is 0 Å². The van der Waals surface area contributed by atoms with Crippen molar-refractivity contribution in [2.45, 2.75) is 32.1 Å². The van der Waals surface area contributed by atoms with Gasteiger partial charge in [0, 0.05) is 0 Å². The summed E-state index contributed by atoms with van der Waals surface area (Å²) in [6.07, 6.45) is 25.5. The zero-order valence-electron chi connectivity index (χ0n) is 8.73. The van der Waals surface area contributed by atoms with Gasteiger partial charge in [0.15, 0.2) is 0 Å². The molecule has 0 atom stereocenters. The Hall–Kier alpha value is -1.04. The summed E-state index contributed by atoms with van der Waals surface area (Å²) in [5, 5.41) is 0. The van der Waals surface area contributed by atoms with Crippen molar-refractivity contribution in [2.75, 3.05) is 0 Å². The van der Waals surface area contributed by atoms with Gasteiger partial charge in [-0.3, -0.25) is 0 Å². The molecule has 0 spiro atoms. The molecule has 0 nitrogen and oxygen atoms in total. The number of hydrogen-bond donors (Lipinski definition) is 0. The van der Waals surface area contributed by atoms with Crippen molar-refractivity contribution in [2.24, 2.45) is 0 Å². The topological polar surface area (TPSA) is 0 Å². The standard InChI is InChI=1S/C14H19/c1-2-4-6-8-10-12-14-13-11-9-7-5-3-1/h1-4,7,9-10,12-13H,5-6,8,11,14H2. The van der Waals surface area contributed by atoms with E-state index in [9.17, 15) is 0 Å². The zero-order chi connectivity index (χ0) is 9.90. The molecule has 75 valence electrons. The second-order valence-corrected chi connectivity index (χ2v) is 3.37. The molecular formula is C14H19. The lowest BCUT2D eigenvalue weighted by atomic mass is 10.2. The molecular weight excluding hydrogens is 168 g/mol. The summed E-state index contributed by atoms with van der Waals surface area (Å²) in [6.45, 7) is 0. The summed E-state index contributed by atoms with van der Waals surface area (Å²) in [5.41, 5.74) is 0. The van der Waals surface area contributed by atoms with E-state index >= 15 is 0 Å². The van der Waals surface area contributed by atoms with Gasteiger partial charge >= 0.3 is 0 Å². The highest BCUT2D eigenvalue weighted by Gasteiger charge is 1.82. The van der Waals surface area contributed by atoms with Crippen LogP contribution in [0.2, 0.25) is 0 Å². The van der Waals surface area contributed by atoms with Crippen molar-refractivity contribution in [1.82, 2.24) is 0 Å². The monoisotopic (exact) mass is 187 g/mol. The predicted molar refractivity (Wildman–Crippen MR) is 63.9 cm³/mol. The SMILES string of the molecule is [CH]1CC=CCC=CC=CCCC=CC1.